The first-order valence-electron chi connectivity index (χ1n) is 4.03. The Bertz CT molecular complexity index is 213. The molecule has 0 saturated heterocycles. The van der Waals surface area contributed by atoms with E-state index in [1.165, 1.54) is 0 Å². The van der Waals surface area contributed by atoms with Gasteiger partial charge in [0.05, 0.1) is 0 Å². The van der Waals surface area contributed by atoms with Gasteiger partial charge in [0.25, 0.3) is 0 Å². The fourth-order valence-electron chi connectivity index (χ4n) is 0.728. The predicted molar refractivity (Wildman–Crippen MR) is 57.2 cm³/mol. The summed E-state index contributed by atoms with van der Waals surface area (Å²) < 4.78 is 0. The highest BCUT2D eigenvalue weighted by Crippen LogP contribution is 2.12. The van der Waals surface area contributed by atoms with Gasteiger partial charge in [-0.15, -0.1) is 0 Å². The Kier molecular flexibility index (Phi) is 6.57. The minimum atomic E-state index is 0.650. The summed E-state index contributed by atoms with van der Waals surface area (Å²) >= 11 is 1.75. The van der Waals surface area contributed by atoms with Gasteiger partial charge in [-0.05, 0) is 12.3 Å². The molecule has 0 aliphatic carbocycles. The van der Waals surface area contributed by atoms with Crippen molar-refractivity contribution in [3.63, 3.8) is 0 Å². The number of rotatable bonds is 2. The highest BCUT2D eigenvalue weighted by molar-refractivity contribution is 7.97. The van der Waals surface area contributed by atoms with Crippen molar-refractivity contribution in [3.8, 4) is 0 Å². The molecule has 0 fully saturated rings. The molecule has 0 aliphatic rings. The van der Waals surface area contributed by atoms with Crippen LogP contribution in [0.3, 0.4) is 0 Å². The largest absolute Gasteiger partial charge is 0.383 e. The first-order valence-corrected chi connectivity index (χ1v) is 5.42. The van der Waals surface area contributed by atoms with Crippen LogP contribution in [0.25, 0.3) is 0 Å². The topological polar surface area (TPSA) is 38.9 Å². The second kappa shape index (κ2) is 6.98. The molecule has 1 aromatic heterocycles. The number of nitrogen functional groups attached to an aromatic ring is 1. The molecule has 0 aromatic carbocycles. The number of hydrogen-bond acceptors (Lipinski definition) is 3. The van der Waals surface area contributed by atoms with Crippen molar-refractivity contribution in [1.82, 2.24) is 4.98 Å². The lowest BCUT2D eigenvalue weighted by molar-refractivity contribution is 1.26. The van der Waals surface area contributed by atoms with E-state index in [4.69, 9.17) is 5.73 Å². The zero-order valence-electron chi connectivity index (χ0n) is 7.87. The van der Waals surface area contributed by atoms with Crippen molar-refractivity contribution in [2.75, 3.05) is 12.0 Å². The monoisotopic (exact) mass is 184 g/mol. The van der Waals surface area contributed by atoms with Crippen LogP contribution in [-0.4, -0.2) is 11.2 Å². The van der Waals surface area contributed by atoms with Crippen LogP contribution in [0, 0.1) is 0 Å². The summed E-state index contributed by atoms with van der Waals surface area (Å²) in [5, 5.41) is 0. The van der Waals surface area contributed by atoms with Crippen LogP contribution < -0.4 is 5.73 Å². The van der Waals surface area contributed by atoms with Gasteiger partial charge in [0.2, 0.25) is 0 Å². The van der Waals surface area contributed by atoms with E-state index in [0.29, 0.717) is 5.82 Å². The van der Waals surface area contributed by atoms with E-state index in [-0.39, 0.29) is 0 Å². The SMILES string of the molecule is CC.CSCc1cccnc1N. The van der Waals surface area contributed by atoms with Gasteiger partial charge >= 0.3 is 0 Å². The molecular formula is C9H16N2S. The van der Waals surface area contributed by atoms with Crippen LogP contribution in [0.5, 0.6) is 0 Å². The molecule has 1 aromatic rings. The number of thioether (sulfide) groups is 1. The molecule has 1 rings (SSSR count). The molecule has 1 heterocycles. The van der Waals surface area contributed by atoms with E-state index in [1.807, 2.05) is 32.2 Å². The second-order valence-electron chi connectivity index (χ2n) is 1.98. The Morgan fingerprint density at radius 3 is 2.67 bits per heavy atom. The van der Waals surface area contributed by atoms with Gasteiger partial charge in [-0.2, -0.15) is 11.8 Å². The van der Waals surface area contributed by atoms with Crippen LogP contribution in [0.2, 0.25) is 0 Å². The molecule has 0 amide bonds. The maximum atomic E-state index is 5.58. The van der Waals surface area contributed by atoms with E-state index < -0.39 is 0 Å². The molecule has 2 nitrogen and oxygen atoms in total. The van der Waals surface area contributed by atoms with E-state index in [1.54, 1.807) is 18.0 Å². The van der Waals surface area contributed by atoms with Crippen LogP contribution in [-0.2, 0) is 5.75 Å². The van der Waals surface area contributed by atoms with Gasteiger partial charge in [-0.25, -0.2) is 4.98 Å². The summed E-state index contributed by atoms with van der Waals surface area (Å²) in [5.74, 6) is 1.59. The minimum Gasteiger partial charge on any atom is -0.383 e. The summed E-state index contributed by atoms with van der Waals surface area (Å²) in [7, 11) is 0. The fraction of sp³-hybridized carbons (Fsp3) is 0.444. The Hall–Kier alpha value is -0.700. The van der Waals surface area contributed by atoms with Crippen LogP contribution in [0.15, 0.2) is 18.3 Å². The second-order valence-corrected chi connectivity index (χ2v) is 2.85. The van der Waals surface area contributed by atoms with Gasteiger partial charge in [-0.1, -0.05) is 19.9 Å². The fourth-order valence-corrected chi connectivity index (χ4v) is 1.28. The molecule has 0 unspecified atom stereocenters. The van der Waals surface area contributed by atoms with Crippen LogP contribution in [0.1, 0.15) is 19.4 Å². The lowest BCUT2D eigenvalue weighted by atomic mass is 10.3. The van der Waals surface area contributed by atoms with Crippen LogP contribution in [0.4, 0.5) is 5.82 Å². The van der Waals surface area contributed by atoms with E-state index >= 15 is 0 Å². The van der Waals surface area contributed by atoms with E-state index in [9.17, 15) is 0 Å². The molecule has 0 aliphatic heterocycles. The average Bonchev–Trinajstić information content (AvgIpc) is 2.13. The first-order chi connectivity index (χ1) is 5.84. The van der Waals surface area contributed by atoms with Crippen molar-refractivity contribution in [2.45, 2.75) is 19.6 Å². The zero-order chi connectivity index (χ0) is 9.40. The van der Waals surface area contributed by atoms with Crippen LogP contribution >= 0.6 is 11.8 Å². The molecule has 3 heteroatoms. The Balaban J connectivity index is 0.000000561. The highest BCUT2D eigenvalue weighted by atomic mass is 32.2. The van der Waals surface area contributed by atoms with Crippen molar-refractivity contribution < 1.29 is 0 Å². The zero-order valence-corrected chi connectivity index (χ0v) is 8.69. The smallest absolute Gasteiger partial charge is 0.127 e. The van der Waals surface area contributed by atoms with Gasteiger partial charge in [0, 0.05) is 17.5 Å². The molecule has 0 spiro atoms. The third-order valence-corrected chi connectivity index (χ3v) is 1.83. The lowest BCUT2D eigenvalue weighted by Gasteiger charge is -1.99. The molecule has 12 heavy (non-hydrogen) atoms. The van der Waals surface area contributed by atoms with Crippen molar-refractivity contribution in [3.05, 3.63) is 23.9 Å². The number of nitrogens with two attached hydrogens (primary N) is 1. The molecule has 2 N–H and O–H groups in total. The molecular weight excluding hydrogens is 168 g/mol. The summed E-state index contributed by atoms with van der Waals surface area (Å²) in [4.78, 5) is 3.96. The quantitative estimate of drug-likeness (QED) is 0.767. The minimum absolute atomic E-state index is 0.650. The van der Waals surface area contributed by atoms with Gasteiger partial charge < -0.3 is 5.73 Å². The number of nitrogens with zero attached hydrogens (tertiary/aromatic N) is 1. The van der Waals surface area contributed by atoms with E-state index in [0.717, 1.165) is 11.3 Å². The maximum Gasteiger partial charge on any atom is 0.127 e. The Morgan fingerprint density at radius 1 is 1.50 bits per heavy atom. The molecule has 0 radical (unpaired) electrons. The summed E-state index contributed by atoms with van der Waals surface area (Å²) in [6, 6.07) is 3.90. The van der Waals surface area contributed by atoms with E-state index in [2.05, 4.69) is 4.98 Å². The summed E-state index contributed by atoms with van der Waals surface area (Å²) in [5.41, 5.74) is 6.70. The average molecular weight is 184 g/mol. The Morgan fingerprint density at radius 2 is 2.17 bits per heavy atom. The molecule has 68 valence electrons. The molecule has 0 saturated carbocycles. The third-order valence-electron chi connectivity index (χ3n) is 1.23. The maximum absolute atomic E-state index is 5.58. The predicted octanol–water partition coefficient (Wildman–Crippen LogP) is 2.55. The number of aromatic nitrogens is 1. The number of hydrogen-bond donors (Lipinski definition) is 1. The van der Waals surface area contributed by atoms with Crippen molar-refractivity contribution >= 4 is 17.6 Å². The number of anilines is 1. The number of pyridine rings is 1. The summed E-state index contributed by atoms with van der Waals surface area (Å²) in [6.45, 7) is 4.00. The van der Waals surface area contributed by atoms with Gasteiger partial charge in [0.15, 0.2) is 0 Å². The standard InChI is InChI=1S/C7H10N2S.C2H6/c1-10-5-6-3-2-4-9-7(6)8;1-2/h2-4H,5H2,1H3,(H2,8,9);1-2H3. The third kappa shape index (κ3) is 3.62. The first kappa shape index (κ1) is 11.3. The van der Waals surface area contributed by atoms with Gasteiger partial charge in [0.1, 0.15) is 5.82 Å². The lowest BCUT2D eigenvalue weighted by Crippen LogP contribution is -1.94. The molecule has 0 bridgehead atoms. The van der Waals surface area contributed by atoms with Crippen molar-refractivity contribution in [2.24, 2.45) is 0 Å². The summed E-state index contributed by atoms with van der Waals surface area (Å²) in [6.07, 6.45) is 3.76. The highest BCUT2D eigenvalue weighted by Gasteiger charge is 1.95. The van der Waals surface area contributed by atoms with Gasteiger partial charge in [-0.3, -0.25) is 0 Å². The molecule has 0 atom stereocenters. The van der Waals surface area contributed by atoms with Crippen molar-refractivity contribution in [1.29, 1.82) is 0 Å². The Labute approximate surface area is 78.6 Å². The normalized spacial score (nSPS) is 8.58.